The Morgan fingerprint density at radius 2 is 1.93 bits per heavy atom. The number of rotatable bonds is 4. The number of anilines is 1. The normalized spacial score (nSPS) is 10.8. The quantitative estimate of drug-likeness (QED) is 0.569. The van der Waals surface area contributed by atoms with E-state index >= 15 is 0 Å². The molecule has 0 aliphatic rings. The first-order valence-electron chi connectivity index (χ1n) is 8.42. The second kappa shape index (κ2) is 7.28. The second-order valence-corrected chi connectivity index (χ2v) is 6.86. The van der Waals surface area contributed by atoms with Crippen molar-refractivity contribution in [3.8, 4) is 17.2 Å². The SMILES string of the molecule is Cc1ccc(-n2nnc(-c3nsc(NC(=O)c4ccccc4)n3)c2C)cc1F. The van der Waals surface area contributed by atoms with Gasteiger partial charge in [-0.1, -0.05) is 29.5 Å². The van der Waals surface area contributed by atoms with Gasteiger partial charge in [0, 0.05) is 17.1 Å². The average Bonchev–Trinajstić information content (AvgIpc) is 3.31. The lowest BCUT2D eigenvalue weighted by molar-refractivity contribution is 0.102. The van der Waals surface area contributed by atoms with Gasteiger partial charge in [0.1, 0.15) is 5.82 Å². The molecule has 2 aromatic heterocycles. The highest BCUT2D eigenvalue weighted by molar-refractivity contribution is 7.10. The van der Waals surface area contributed by atoms with E-state index in [2.05, 4.69) is 25.0 Å². The minimum Gasteiger partial charge on any atom is -0.297 e. The van der Waals surface area contributed by atoms with Crippen LogP contribution in [-0.2, 0) is 0 Å². The summed E-state index contributed by atoms with van der Waals surface area (Å²) >= 11 is 1.06. The van der Waals surface area contributed by atoms with Crippen molar-refractivity contribution in [1.82, 2.24) is 24.4 Å². The lowest BCUT2D eigenvalue weighted by atomic mass is 10.2. The summed E-state index contributed by atoms with van der Waals surface area (Å²) in [6.07, 6.45) is 0. The van der Waals surface area contributed by atoms with E-state index in [1.807, 2.05) is 6.07 Å². The van der Waals surface area contributed by atoms with Gasteiger partial charge in [-0.25, -0.2) is 9.07 Å². The van der Waals surface area contributed by atoms with Gasteiger partial charge in [0.15, 0.2) is 11.5 Å². The monoisotopic (exact) mass is 394 g/mol. The zero-order valence-electron chi connectivity index (χ0n) is 15.0. The first kappa shape index (κ1) is 17.9. The third kappa shape index (κ3) is 3.39. The lowest BCUT2D eigenvalue weighted by Crippen LogP contribution is -2.11. The predicted molar refractivity (Wildman–Crippen MR) is 104 cm³/mol. The van der Waals surface area contributed by atoms with E-state index in [1.54, 1.807) is 50.2 Å². The average molecular weight is 394 g/mol. The molecule has 9 heteroatoms. The molecule has 2 heterocycles. The molecule has 0 radical (unpaired) electrons. The summed E-state index contributed by atoms with van der Waals surface area (Å²) in [5.74, 6) is -0.227. The Balaban J connectivity index is 1.58. The number of hydrogen-bond acceptors (Lipinski definition) is 6. The zero-order valence-corrected chi connectivity index (χ0v) is 15.9. The molecule has 0 aliphatic heterocycles. The van der Waals surface area contributed by atoms with Crippen molar-refractivity contribution in [1.29, 1.82) is 0 Å². The third-order valence-corrected chi connectivity index (χ3v) is 4.82. The minimum absolute atomic E-state index is 0.265. The van der Waals surface area contributed by atoms with Crippen LogP contribution in [0.2, 0.25) is 0 Å². The van der Waals surface area contributed by atoms with Crippen LogP contribution >= 0.6 is 11.5 Å². The number of nitrogens with one attached hydrogen (secondary N) is 1. The molecule has 4 rings (SSSR count). The fraction of sp³-hybridized carbons (Fsp3) is 0.105. The highest BCUT2D eigenvalue weighted by atomic mass is 32.1. The highest BCUT2D eigenvalue weighted by Crippen LogP contribution is 2.24. The summed E-state index contributed by atoms with van der Waals surface area (Å²) in [6.45, 7) is 3.50. The van der Waals surface area contributed by atoms with E-state index in [0.29, 0.717) is 39.2 Å². The largest absolute Gasteiger partial charge is 0.297 e. The molecule has 4 aromatic rings. The predicted octanol–water partition coefficient (Wildman–Crippen LogP) is 3.79. The lowest BCUT2D eigenvalue weighted by Gasteiger charge is -2.04. The maximum atomic E-state index is 13.9. The first-order valence-corrected chi connectivity index (χ1v) is 9.19. The van der Waals surface area contributed by atoms with Crippen molar-refractivity contribution in [2.75, 3.05) is 5.32 Å². The van der Waals surface area contributed by atoms with Gasteiger partial charge in [-0.2, -0.15) is 9.36 Å². The maximum Gasteiger partial charge on any atom is 0.257 e. The summed E-state index contributed by atoms with van der Waals surface area (Å²) in [5.41, 5.74) is 2.79. The molecule has 0 saturated heterocycles. The fourth-order valence-electron chi connectivity index (χ4n) is 2.62. The molecule has 1 amide bonds. The number of hydrogen-bond donors (Lipinski definition) is 1. The Morgan fingerprint density at radius 3 is 2.68 bits per heavy atom. The van der Waals surface area contributed by atoms with Crippen LogP contribution in [0.1, 0.15) is 21.6 Å². The molecule has 0 fully saturated rings. The van der Waals surface area contributed by atoms with Gasteiger partial charge in [-0.3, -0.25) is 10.1 Å². The van der Waals surface area contributed by atoms with E-state index in [4.69, 9.17) is 0 Å². The van der Waals surface area contributed by atoms with Crippen LogP contribution in [0, 0.1) is 19.7 Å². The second-order valence-electron chi connectivity index (χ2n) is 6.11. The molecule has 0 spiro atoms. The van der Waals surface area contributed by atoms with Gasteiger partial charge in [0.05, 0.1) is 11.4 Å². The van der Waals surface area contributed by atoms with Crippen molar-refractivity contribution in [2.24, 2.45) is 0 Å². The van der Waals surface area contributed by atoms with E-state index in [9.17, 15) is 9.18 Å². The number of carbonyl (C=O) groups is 1. The molecule has 0 aliphatic carbocycles. The molecule has 28 heavy (non-hydrogen) atoms. The minimum atomic E-state index is -0.313. The number of aryl methyl sites for hydroxylation is 1. The Kier molecular flexibility index (Phi) is 4.66. The molecule has 0 atom stereocenters. The molecular weight excluding hydrogens is 379 g/mol. The van der Waals surface area contributed by atoms with Crippen molar-refractivity contribution >= 4 is 22.6 Å². The molecule has 0 bridgehead atoms. The number of nitrogens with zero attached hydrogens (tertiary/aromatic N) is 5. The number of carbonyl (C=O) groups excluding carboxylic acids is 1. The smallest absolute Gasteiger partial charge is 0.257 e. The number of benzene rings is 2. The van der Waals surface area contributed by atoms with Crippen LogP contribution < -0.4 is 5.32 Å². The summed E-state index contributed by atoms with van der Waals surface area (Å²) in [7, 11) is 0. The Bertz CT molecular complexity index is 1150. The molecule has 2 aromatic carbocycles. The summed E-state index contributed by atoms with van der Waals surface area (Å²) in [4.78, 5) is 16.6. The highest BCUT2D eigenvalue weighted by Gasteiger charge is 2.18. The number of amides is 1. The zero-order chi connectivity index (χ0) is 19.7. The summed E-state index contributed by atoms with van der Waals surface area (Å²) in [5, 5.41) is 11.3. The van der Waals surface area contributed by atoms with Gasteiger partial charge >= 0.3 is 0 Å². The Morgan fingerprint density at radius 1 is 1.14 bits per heavy atom. The standard InChI is InChI=1S/C19H15FN6OS/c1-11-8-9-14(10-15(11)20)26-12(2)16(23-25-26)17-21-19(28-24-17)22-18(27)13-6-4-3-5-7-13/h3-10H,1-2H3,(H,21,22,24,27). The van der Waals surface area contributed by atoms with Gasteiger partial charge in [0.25, 0.3) is 5.91 Å². The number of halogens is 1. The van der Waals surface area contributed by atoms with Crippen molar-refractivity contribution < 1.29 is 9.18 Å². The van der Waals surface area contributed by atoms with E-state index < -0.39 is 0 Å². The molecule has 0 saturated carbocycles. The van der Waals surface area contributed by atoms with Crippen LogP contribution in [0.3, 0.4) is 0 Å². The Labute approximate surface area is 164 Å². The van der Waals surface area contributed by atoms with E-state index in [0.717, 1.165) is 11.5 Å². The summed E-state index contributed by atoms with van der Waals surface area (Å²) in [6, 6.07) is 13.7. The fourth-order valence-corrected chi connectivity index (χ4v) is 3.19. The van der Waals surface area contributed by atoms with Gasteiger partial charge in [-0.15, -0.1) is 5.10 Å². The van der Waals surface area contributed by atoms with Gasteiger partial charge in [-0.05, 0) is 43.7 Å². The van der Waals surface area contributed by atoms with Crippen LogP contribution in [0.15, 0.2) is 48.5 Å². The van der Waals surface area contributed by atoms with Crippen LogP contribution in [0.4, 0.5) is 9.52 Å². The third-order valence-electron chi connectivity index (χ3n) is 4.19. The van der Waals surface area contributed by atoms with E-state index in [-0.39, 0.29) is 11.7 Å². The van der Waals surface area contributed by atoms with Gasteiger partial charge in [0.2, 0.25) is 5.13 Å². The maximum absolute atomic E-state index is 13.9. The van der Waals surface area contributed by atoms with Gasteiger partial charge < -0.3 is 0 Å². The van der Waals surface area contributed by atoms with Crippen molar-refractivity contribution in [3.63, 3.8) is 0 Å². The molecule has 7 nitrogen and oxygen atoms in total. The van der Waals surface area contributed by atoms with Crippen molar-refractivity contribution in [2.45, 2.75) is 13.8 Å². The Hall–Kier alpha value is -3.46. The molecular formula is C19H15FN6OS. The van der Waals surface area contributed by atoms with Crippen LogP contribution in [0.25, 0.3) is 17.2 Å². The van der Waals surface area contributed by atoms with Crippen LogP contribution in [-0.4, -0.2) is 30.3 Å². The van der Waals surface area contributed by atoms with Crippen LogP contribution in [0.5, 0.6) is 0 Å². The molecule has 1 N–H and O–H groups in total. The molecule has 140 valence electrons. The topological polar surface area (TPSA) is 85.6 Å². The number of aromatic nitrogens is 5. The van der Waals surface area contributed by atoms with E-state index in [1.165, 1.54) is 10.7 Å². The first-order chi connectivity index (χ1) is 13.5. The molecule has 0 unspecified atom stereocenters. The summed E-state index contributed by atoms with van der Waals surface area (Å²) < 4.78 is 19.7. The van der Waals surface area contributed by atoms with Crippen molar-refractivity contribution in [3.05, 3.63) is 71.2 Å².